The van der Waals surface area contributed by atoms with E-state index in [-0.39, 0.29) is 11.9 Å². The maximum Gasteiger partial charge on any atom is 0.401 e. The summed E-state index contributed by atoms with van der Waals surface area (Å²) in [6.45, 7) is 3.11. The van der Waals surface area contributed by atoms with E-state index < -0.39 is 12.7 Å². The Bertz CT molecular complexity index is 723. The molecule has 30 heavy (non-hydrogen) atoms. The minimum Gasteiger partial charge on any atom is -0.357 e. The molecule has 2 rings (SSSR count). The Labute approximate surface area is 175 Å². The van der Waals surface area contributed by atoms with Crippen molar-refractivity contribution in [2.24, 2.45) is 4.99 Å². The fraction of sp³-hybridized carbons (Fsp3) is 0.600. The molecule has 0 aromatic heterocycles. The van der Waals surface area contributed by atoms with Crippen LogP contribution < -0.4 is 16.0 Å². The number of guanidine groups is 1. The molecular formula is C20H31F3N6O. The summed E-state index contributed by atoms with van der Waals surface area (Å²) < 4.78 is 37.7. The van der Waals surface area contributed by atoms with E-state index in [9.17, 15) is 18.0 Å². The molecule has 10 heteroatoms. The Kier molecular flexibility index (Phi) is 8.91. The highest BCUT2D eigenvalue weighted by Gasteiger charge is 2.34. The number of nitrogens with one attached hydrogen (secondary N) is 3. The van der Waals surface area contributed by atoms with Crippen LogP contribution in [0.5, 0.6) is 0 Å². The molecule has 1 amide bonds. The first-order valence-electron chi connectivity index (χ1n) is 10.0. The molecule has 1 saturated heterocycles. The largest absolute Gasteiger partial charge is 0.401 e. The summed E-state index contributed by atoms with van der Waals surface area (Å²) in [7, 11) is 3.65. The summed E-state index contributed by atoms with van der Waals surface area (Å²) in [4.78, 5) is 19.7. The first-order valence-corrected chi connectivity index (χ1v) is 10.0. The number of rotatable bonds is 8. The van der Waals surface area contributed by atoms with Gasteiger partial charge in [-0.2, -0.15) is 13.2 Å². The molecule has 7 nitrogen and oxygen atoms in total. The molecule has 1 aliphatic rings. The van der Waals surface area contributed by atoms with E-state index in [1.165, 1.54) is 4.90 Å². The van der Waals surface area contributed by atoms with Gasteiger partial charge in [0.25, 0.3) is 0 Å². The average Bonchev–Trinajstić information content (AvgIpc) is 3.04. The number of likely N-dealkylation sites (tertiary alicyclic amines) is 1. The van der Waals surface area contributed by atoms with Crippen LogP contribution in [0.25, 0.3) is 0 Å². The SMILES string of the molecule is CCNC(=NCc1cccc(NC(=O)CN(C)C)c1)NC1CCN(CC(F)(F)F)C1. The third kappa shape index (κ3) is 9.00. The van der Waals surface area contributed by atoms with Gasteiger partial charge >= 0.3 is 6.18 Å². The summed E-state index contributed by atoms with van der Waals surface area (Å²) in [5.41, 5.74) is 1.62. The highest BCUT2D eigenvalue weighted by molar-refractivity contribution is 5.92. The van der Waals surface area contributed by atoms with Gasteiger partial charge in [0.2, 0.25) is 5.91 Å². The number of likely N-dealkylation sites (N-methyl/N-ethyl adjacent to an activating group) is 1. The van der Waals surface area contributed by atoms with Gasteiger partial charge in [0, 0.05) is 31.4 Å². The van der Waals surface area contributed by atoms with Crippen molar-refractivity contribution >= 4 is 17.6 Å². The molecule has 168 valence electrons. The normalized spacial score (nSPS) is 18.0. The standard InChI is InChI=1S/C20H31F3N6O/c1-4-24-19(27-17-8-9-29(12-17)14-20(21,22)23)25-11-15-6-5-7-16(10-15)26-18(30)13-28(2)3/h5-7,10,17H,4,8-9,11-14H2,1-3H3,(H,26,30)(H2,24,25,27). The van der Waals surface area contributed by atoms with Crippen molar-refractivity contribution in [3.05, 3.63) is 29.8 Å². The first kappa shape index (κ1) is 23.9. The van der Waals surface area contributed by atoms with Crippen molar-refractivity contribution in [1.29, 1.82) is 0 Å². The van der Waals surface area contributed by atoms with E-state index in [4.69, 9.17) is 0 Å². The fourth-order valence-corrected chi connectivity index (χ4v) is 3.27. The Hall–Kier alpha value is -2.33. The zero-order chi connectivity index (χ0) is 22.1. The van der Waals surface area contributed by atoms with Gasteiger partial charge in [0.05, 0.1) is 19.6 Å². The second kappa shape index (κ2) is 11.2. The molecule has 0 radical (unpaired) electrons. The second-order valence-corrected chi connectivity index (χ2v) is 7.66. The number of nitrogens with zero attached hydrogens (tertiary/aromatic N) is 3. The van der Waals surface area contributed by atoms with Crippen molar-refractivity contribution in [3.8, 4) is 0 Å². The van der Waals surface area contributed by atoms with E-state index in [2.05, 4.69) is 20.9 Å². The lowest BCUT2D eigenvalue weighted by molar-refractivity contribution is -0.143. The minimum absolute atomic E-state index is 0.0817. The third-order valence-corrected chi connectivity index (χ3v) is 4.45. The summed E-state index contributed by atoms with van der Waals surface area (Å²) in [6, 6.07) is 7.36. The monoisotopic (exact) mass is 428 g/mol. The van der Waals surface area contributed by atoms with Crippen molar-refractivity contribution in [1.82, 2.24) is 20.4 Å². The molecule has 3 N–H and O–H groups in total. The van der Waals surface area contributed by atoms with E-state index in [0.717, 1.165) is 5.56 Å². The lowest BCUT2D eigenvalue weighted by atomic mass is 10.2. The van der Waals surface area contributed by atoms with Gasteiger partial charge < -0.3 is 20.9 Å². The number of hydrogen-bond donors (Lipinski definition) is 3. The number of carbonyl (C=O) groups excluding carboxylic acids is 1. The Balaban J connectivity index is 1.93. The molecule has 1 aromatic carbocycles. The molecule has 1 heterocycles. The van der Waals surface area contributed by atoms with Crippen molar-refractivity contribution in [2.45, 2.75) is 32.1 Å². The zero-order valence-corrected chi connectivity index (χ0v) is 17.7. The second-order valence-electron chi connectivity index (χ2n) is 7.66. The summed E-state index contributed by atoms with van der Waals surface area (Å²) in [6.07, 6.45) is -3.55. The van der Waals surface area contributed by atoms with Crippen LogP contribution in [0.2, 0.25) is 0 Å². The van der Waals surface area contributed by atoms with E-state index in [1.807, 2.05) is 45.3 Å². The smallest absolute Gasteiger partial charge is 0.357 e. The first-order chi connectivity index (χ1) is 14.1. The number of amides is 1. The highest BCUT2D eigenvalue weighted by atomic mass is 19.4. The number of anilines is 1. The maximum atomic E-state index is 12.6. The van der Waals surface area contributed by atoms with E-state index >= 15 is 0 Å². The summed E-state index contributed by atoms with van der Waals surface area (Å²) >= 11 is 0. The molecule has 0 spiro atoms. The van der Waals surface area contributed by atoms with Crippen LogP contribution in [0, 0.1) is 0 Å². The van der Waals surface area contributed by atoms with Gasteiger partial charge in [-0.3, -0.25) is 9.69 Å². The lowest BCUT2D eigenvalue weighted by Crippen LogP contribution is -2.45. The van der Waals surface area contributed by atoms with Crippen LogP contribution in [0.15, 0.2) is 29.3 Å². The molecule has 1 atom stereocenters. The number of benzene rings is 1. The molecule has 1 fully saturated rings. The van der Waals surface area contributed by atoms with Crippen molar-refractivity contribution in [3.63, 3.8) is 0 Å². The molecule has 0 bridgehead atoms. The van der Waals surface area contributed by atoms with Gasteiger partial charge in [0.15, 0.2) is 5.96 Å². The van der Waals surface area contributed by atoms with Crippen LogP contribution >= 0.6 is 0 Å². The summed E-state index contributed by atoms with van der Waals surface area (Å²) in [5.74, 6) is 0.471. The Morgan fingerprint density at radius 2 is 2.10 bits per heavy atom. The maximum absolute atomic E-state index is 12.6. The Morgan fingerprint density at radius 1 is 1.33 bits per heavy atom. The minimum atomic E-state index is -4.18. The molecule has 1 aromatic rings. The number of hydrogen-bond acceptors (Lipinski definition) is 4. The predicted molar refractivity (Wildman–Crippen MR) is 112 cm³/mol. The quantitative estimate of drug-likeness (QED) is 0.436. The van der Waals surface area contributed by atoms with Gasteiger partial charge in [-0.1, -0.05) is 12.1 Å². The predicted octanol–water partition coefficient (Wildman–Crippen LogP) is 1.88. The van der Waals surface area contributed by atoms with Crippen LogP contribution in [0.4, 0.5) is 18.9 Å². The lowest BCUT2D eigenvalue weighted by Gasteiger charge is -2.19. The molecule has 1 aliphatic heterocycles. The topological polar surface area (TPSA) is 72.0 Å². The number of alkyl halides is 3. The van der Waals surface area contributed by atoms with Crippen LogP contribution in [0.1, 0.15) is 18.9 Å². The molecule has 0 saturated carbocycles. The van der Waals surface area contributed by atoms with E-state index in [0.29, 0.717) is 50.8 Å². The van der Waals surface area contributed by atoms with Gasteiger partial charge in [-0.05, 0) is 45.1 Å². The van der Waals surface area contributed by atoms with Gasteiger partial charge in [-0.15, -0.1) is 0 Å². The summed E-state index contributed by atoms with van der Waals surface area (Å²) in [5, 5.41) is 9.21. The van der Waals surface area contributed by atoms with Crippen molar-refractivity contribution < 1.29 is 18.0 Å². The fourth-order valence-electron chi connectivity index (χ4n) is 3.27. The Morgan fingerprint density at radius 3 is 2.77 bits per heavy atom. The highest BCUT2D eigenvalue weighted by Crippen LogP contribution is 2.20. The number of carbonyl (C=O) groups is 1. The zero-order valence-electron chi connectivity index (χ0n) is 17.7. The van der Waals surface area contributed by atoms with Crippen LogP contribution in [-0.4, -0.2) is 80.7 Å². The molecular weight excluding hydrogens is 397 g/mol. The van der Waals surface area contributed by atoms with Gasteiger partial charge in [0.1, 0.15) is 0 Å². The van der Waals surface area contributed by atoms with Crippen LogP contribution in [-0.2, 0) is 11.3 Å². The van der Waals surface area contributed by atoms with Crippen molar-refractivity contribution in [2.75, 3.05) is 52.1 Å². The van der Waals surface area contributed by atoms with E-state index in [1.54, 1.807) is 4.90 Å². The van der Waals surface area contributed by atoms with Gasteiger partial charge in [-0.25, -0.2) is 4.99 Å². The average molecular weight is 429 g/mol. The third-order valence-electron chi connectivity index (χ3n) is 4.45. The molecule has 0 aliphatic carbocycles. The number of aliphatic imine (C=N–C) groups is 1. The number of halogens is 3. The molecule has 1 unspecified atom stereocenters. The van der Waals surface area contributed by atoms with Crippen LogP contribution in [0.3, 0.4) is 0 Å².